The van der Waals surface area contributed by atoms with Crippen molar-refractivity contribution in [2.24, 2.45) is 17.2 Å². The van der Waals surface area contributed by atoms with Gasteiger partial charge in [0.05, 0.1) is 0 Å². The summed E-state index contributed by atoms with van der Waals surface area (Å²) < 4.78 is -3.39. The molecule has 36 heavy (non-hydrogen) atoms. The van der Waals surface area contributed by atoms with Gasteiger partial charge in [0.25, 0.3) is 0 Å². The molecule has 0 aliphatic heterocycles. The van der Waals surface area contributed by atoms with Crippen molar-refractivity contribution in [1.82, 2.24) is 24.5 Å². The van der Waals surface area contributed by atoms with Crippen LogP contribution in [-0.4, -0.2) is 132 Å². The molecule has 14 heteroatoms. The normalized spacial score (nSPS) is 14.3. The summed E-state index contributed by atoms with van der Waals surface area (Å²) in [6, 6.07) is 0. The number of hydrogen-bond acceptors (Lipinski definition) is 8. The third-order valence-electron chi connectivity index (χ3n) is 6.35. The third kappa shape index (κ3) is 7.10. The maximum atomic E-state index is 13.6. The van der Waals surface area contributed by atoms with Gasteiger partial charge in [-0.3, -0.25) is 0 Å². The molecule has 214 valence electrons. The molecule has 0 heterocycles. The Kier molecular flexibility index (Phi) is 11.5. The van der Waals surface area contributed by atoms with Gasteiger partial charge in [0.1, 0.15) is 0 Å². The van der Waals surface area contributed by atoms with E-state index in [1.54, 1.807) is 0 Å². The Hall–Kier alpha value is -1.45. The van der Waals surface area contributed by atoms with E-state index >= 15 is 0 Å². The van der Waals surface area contributed by atoms with Crippen LogP contribution in [0.1, 0.15) is 0 Å². The van der Waals surface area contributed by atoms with E-state index in [9.17, 15) is 24.0 Å². The van der Waals surface area contributed by atoms with Crippen LogP contribution in [0.15, 0.2) is 0 Å². The molecule has 1 atom stereocenters. The number of amides is 5. The summed E-state index contributed by atoms with van der Waals surface area (Å²) >= 11 is -6.45. The number of carbonyl (C=O) groups excluding carboxylic acids is 5. The van der Waals surface area contributed by atoms with E-state index < -0.39 is 76.3 Å². The number of nitrogens with zero attached hydrogens (tertiary/aromatic N) is 5. The minimum absolute atomic E-state index is 0.415. The first-order chi connectivity index (χ1) is 16.1. The molecule has 0 aromatic rings. The van der Waals surface area contributed by atoms with Gasteiger partial charge in [-0.1, -0.05) is 0 Å². The summed E-state index contributed by atoms with van der Waals surface area (Å²) in [6.45, 7) is 0. The molecule has 13 nitrogen and oxygen atoms in total. The molecule has 0 aromatic carbocycles. The van der Waals surface area contributed by atoms with E-state index in [4.69, 9.17) is 17.2 Å². The van der Waals surface area contributed by atoms with Gasteiger partial charge in [0, 0.05) is 0 Å². The van der Waals surface area contributed by atoms with Crippen molar-refractivity contribution in [1.29, 1.82) is 0 Å². The van der Waals surface area contributed by atoms with Crippen molar-refractivity contribution in [3.05, 3.63) is 0 Å². The van der Waals surface area contributed by atoms with Crippen LogP contribution in [-0.2, 0) is 24.0 Å². The van der Waals surface area contributed by atoms with Crippen molar-refractivity contribution >= 4 is 29.5 Å². The summed E-state index contributed by atoms with van der Waals surface area (Å²) in [5.74, 6) is -2.32. The molecule has 0 saturated heterocycles. The van der Waals surface area contributed by atoms with Gasteiger partial charge in [-0.05, 0) is 0 Å². The molecule has 0 aliphatic rings. The van der Waals surface area contributed by atoms with Gasteiger partial charge in [-0.25, -0.2) is 0 Å². The Morgan fingerprint density at radius 3 is 0.750 bits per heavy atom. The average molecular weight is 662 g/mol. The summed E-state index contributed by atoms with van der Waals surface area (Å²) in [5.41, 5.74) is 19.3. The Labute approximate surface area is 211 Å². The molecule has 6 N–H and O–H groups in total. The first-order valence-electron chi connectivity index (χ1n) is 11.2. The summed E-state index contributed by atoms with van der Waals surface area (Å²) in [5, 5.41) is 0. The van der Waals surface area contributed by atoms with Crippen LogP contribution in [0, 0.1) is 27.7 Å². The fraction of sp³-hybridized carbons (Fsp3) is 0.773. The number of carbonyl (C=O) groups is 5. The Bertz CT molecular complexity index is 733. The van der Waals surface area contributed by atoms with Crippen LogP contribution in [0.3, 0.4) is 0 Å². The topological polar surface area (TPSA) is 180 Å². The van der Waals surface area contributed by atoms with Crippen LogP contribution in [0.4, 0.5) is 0 Å². The quantitative estimate of drug-likeness (QED) is 0.207. The van der Waals surface area contributed by atoms with Crippen LogP contribution < -0.4 is 17.2 Å². The summed E-state index contributed by atoms with van der Waals surface area (Å²) in [7, 11) is 15.2. The standard InChI is InChI=1S/5C4H8NO.C2H8N3.Gd/c5*1-4(6)5(2)3;3-1-2(4)5;/h5*1H2,2-3H3;1-2H,3-5H2;. The van der Waals surface area contributed by atoms with E-state index in [-0.39, 0.29) is 0 Å². The van der Waals surface area contributed by atoms with Crippen LogP contribution in [0.2, 0.25) is 11.0 Å². The average Bonchev–Trinajstić information content (AvgIpc) is 2.72. The van der Waals surface area contributed by atoms with Crippen molar-refractivity contribution in [2.45, 2.75) is 19.0 Å². The summed E-state index contributed by atoms with van der Waals surface area (Å²) in [6.07, 6.45) is -1.32. The van der Waals surface area contributed by atoms with E-state index in [0.717, 1.165) is 0 Å². The number of rotatable bonds is 12. The zero-order chi connectivity index (χ0) is 28.9. The second kappa shape index (κ2) is 11.9. The molecular formula is C22H48GdN8O5. The van der Waals surface area contributed by atoms with Crippen LogP contribution >= 0.6 is 0 Å². The molecule has 0 bridgehead atoms. The van der Waals surface area contributed by atoms with Gasteiger partial charge < -0.3 is 0 Å². The van der Waals surface area contributed by atoms with Crippen molar-refractivity contribution in [3.63, 3.8) is 0 Å². The monoisotopic (exact) mass is 662 g/mol. The van der Waals surface area contributed by atoms with Gasteiger partial charge in [-0.15, -0.1) is 0 Å². The second-order valence-electron chi connectivity index (χ2n) is 10.6. The Morgan fingerprint density at radius 1 is 0.472 bits per heavy atom. The van der Waals surface area contributed by atoms with Crippen molar-refractivity contribution in [3.8, 4) is 0 Å². The fourth-order valence-corrected chi connectivity index (χ4v) is 27.6. The van der Waals surface area contributed by atoms with E-state index in [2.05, 4.69) is 0 Å². The van der Waals surface area contributed by atoms with Crippen LogP contribution in [0.25, 0.3) is 0 Å². The summed E-state index contributed by atoms with van der Waals surface area (Å²) in [4.78, 5) is 74.7. The number of nitrogens with two attached hydrogens (primary N) is 3. The van der Waals surface area contributed by atoms with Crippen molar-refractivity contribution in [2.75, 3.05) is 70.5 Å². The molecule has 0 fully saturated rings. The fourth-order valence-electron chi connectivity index (χ4n) is 3.72. The van der Waals surface area contributed by atoms with Gasteiger partial charge in [0.2, 0.25) is 0 Å². The second-order valence-corrected chi connectivity index (χ2v) is 32.1. The predicted molar refractivity (Wildman–Crippen MR) is 138 cm³/mol. The molecule has 1 unspecified atom stereocenters. The Morgan fingerprint density at radius 2 is 0.639 bits per heavy atom. The molecule has 0 rings (SSSR count). The molecule has 5 amide bonds. The predicted octanol–water partition coefficient (Wildman–Crippen LogP) is -1.72. The molecule has 0 aliphatic carbocycles. The zero-order valence-corrected chi connectivity index (χ0v) is 25.8. The van der Waals surface area contributed by atoms with Gasteiger partial charge >= 0.3 is 212 Å². The maximum absolute atomic E-state index is 13.6. The Balaban J connectivity index is 8.40. The third-order valence-corrected chi connectivity index (χ3v) is 29.7. The SMILES string of the molecule is CN(C)C(=O)[CH2][Gd]([CH2]C(=O)N(C)C)([CH2]C(=O)N(C)C)([CH2]C(=O)N(C)C)([CH2]C(=O)N(C)C)[CH](N)C(N)N. The van der Waals surface area contributed by atoms with E-state index in [0.29, 0.717) is 0 Å². The molecule has 0 radical (unpaired) electrons. The van der Waals surface area contributed by atoms with Gasteiger partial charge in [0.15, 0.2) is 0 Å². The van der Waals surface area contributed by atoms with Gasteiger partial charge in [-0.2, -0.15) is 0 Å². The van der Waals surface area contributed by atoms with Crippen molar-refractivity contribution < 1.29 is 51.7 Å². The number of hydrogen-bond donors (Lipinski definition) is 3. The minimum atomic E-state index is -6.45. The zero-order valence-electron chi connectivity index (χ0n) is 23.6. The molecule has 0 saturated carbocycles. The first-order valence-corrected chi connectivity index (χ1v) is 20.5. The first kappa shape index (κ1) is 34.6. The van der Waals surface area contributed by atoms with Crippen LogP contribution in [0.5, 0.6) is 0 Å². The van der Waals surface area contributed by atoms with E-state index in [1.165, 1.54) is 95.0 Å². The molecular weight excluding hydrogens is 614 g/mol. The van der Waals surface area contributed by atoms with E-state index in [1.807, 2.05) is 0 Å². The molecule has 0 spiro atoms. The molecule has 0 aromatic heterocycles.